The molecule has 1 aliphatic rings. The molecule has 1 aromatic heterocycles. The number of rotatable bonds is 4. The highest BCUT2D eigenvalue weighted by atomic mass is 35.5. The van der Waals surface area contributed by atoms with Crippen LogP contribution in [-0.2, 0) is 11.3 Å². The molecule has 0 spiro atoms. The minimum Gasteiger partial charge on any atom is -0.482 e. The Hall–Kier alpha value is -3.45. The van der Waals surface area contributed by atoms with Crippen LogP contribution in [0.1, 0.15) is 10.4 Å². The van der Waals surface area contributed by atoms with Gasteiger partial charge in [0.15, 0.2) is 12.4 Å². The Labute approximate surface area is 171 Å². The first-order valence-electron chi connectivity index (χ1n) is 8.83. The number of hydrogen-bond donors (Lipinski definition) is 0. The Morgan fingerprint density at radius 2 is 1.86 bits per heavy atom. The molecule has 0 saturated carbocycles. The number of fused-ring (bicyclic) bond motifs is 1. The summed E-state index contributed by atoms with van der Waals surface area (Å²) in [7, 11) is 1.62. The maximum atomic E-state index is 12.8. The quantitative estimate of drug-likeness (QED) is 0.619. The van der Waals surface area contributed by atoms with Crippen LogP contribution in [0.3, 0.4) is 0 Å². The Balaban J connectivity index is 1.62. The molecule has 8 heteroatoms. The van der Waals surface area contributed by atoms with E-state index in [1.807, 2.05) is 0 Å². The van der Waals surface area contributed by atoms with E-state index in [4.69, 9.17) is 16.3 Å². The first-order chi connectivity index (χ1) is 13.9. The molecule has 0 atom stereocenters. The van der Waals surface area contributed by atoms with Crippen LogP contribution in [0.25, 0.3) is 11.3 Å². The molecule has 2 aromatic carbocycles. The summed E-state index contributed by atoms with van der Waals surface area (Å²) in [5, 5.41) is 4.90. The number of nitrogens with zero attached hydrogens (tertiary/aromatic N) is 3. The molecule has 0 fully saturated rings. The van der Waals surface area contributed by atoms with Crippen molar-refractivity contribution in [3.63, 3.8) is 0 Å². The first kappa shape index (κ1) is 18.9. The average Bonchev–Trinajstić information content (AvgIpc) is 2.73. The molecule has 2 heterocycles. The highest BCUT2D eigenvalue weighted by Crippen LogP contribution is 2.32. The van der Waals surface area contributed by atoms with E-state index >= 15 is 0 Å². The predicted molar refractivity (Wildman–Crippen MR) is 109 cm³/mol. The van der Waals surface area contributed by atoms with Crippen molar-refractivity contribution < 1.29 is 14.3 Å². The fraction of sp³-hybridized carbons (Fsp3) is 0.143. The molecule has 0 N–H and O–H groups in total. The van der Waals surface area contributed by atoms with Gasteiger partial charge in [-0.3, -0.25) is 14.4 Å². The summed E-state index contributed by atoms with van der Waals surface area (Å²) in [5.41, 5.74) is 1.83. The lowest BCUT2D eigenvalue weighted by Crippen LogP contribution is -2.35. The number of Topliss-reactive ketones (excluding diaryl/α,β-unsaturated/α-hetero) is 1. The van der Waals surface area contributed by atoms with Gasteiger partial charge in [-0.15, -0.1) is 0 Å². The number of anilines is 1. The summed E-state index contributed by atoms with van der Waals surface area (Å²) in [5.74, 6) is 0.0291. The van der Waals surface area contributed by atoms with Gasteiger partial charge in [-0.2, -0.15) is 5.10 Å². The Morgan fingerprint density at radius 3 is 2.62 bits per heavy atom. The fourth-order valence-electron chi connectivity index (χ4n) is 3.01. The molecule has 146 valence electrons. The molecular formula is C21H16ClN3O4. The largest absolute Gasteiger partial charge is 0.482 e. The predicted octanol–water partition coefficient (Wildman–Crippen LogP) is 2.80. The number of hydrogen-bond acceptors (Lipinski definition) is 5. The van der Waals surface area contributed by atoms with Gasteiger partial charge in [-0.25, -0.2) is 4.68 Å². The second kappa shape index (κ2) is 7.52. The molecule has 4 rings (SSSR count). The van der Waals surface area contributed by atoms with Crippen LogP contribution in [0.2, 0.25) is 5.02 Å². The van der Waals surface area contributed by atoms with Crippen LogP contribution >= 0.6 is 11.6 Å². The second-order valence-corrected chi connectivity index (χ2v) is 7.00. The SMILES string of the molecule is CN1C(=O)COc2ccc(C(=O)Cn3nc(-c4ccc(Cl)cc4)ccc3=O)cc21. The summed E-state index contributed by atoms with van der Waals surface area (Å²) in [6.07, 6.45) is 0. The van der Waals surface area contributed by atoms with Crippen LogP contribution in [0.5, 0.6) is 5.75 Å². The van der Waals surface area contributed by atoms with Crippen molar-refractivity contribution in [2.75, 3.05) is 18.6 Å². The summed E-state index contributed by atoms with van der Waals surface area (Å²) < 4.78 is 6.49. The van der Waals surface area contributed by atoms with E-state index in [9.17, 15) is 14.4 Å². The van der Waals surface area contributed by atoms with Gasteiger partial charge in [0.05, 0.1) is 11.4 Å². The zero-order chi connectivity index (χ0) is 20.5. The summed E-state index contributed by atoms with van der Waals surface area (Å²) >= 11 is 5.91. The van der Waals surface area contributed by atoms with E-state index in [1.165, 1.54) is 11.0 Å². The average molecular weight is 410 g/mol. The fourth-order valence-corrected chi connectivity index (χ4v) is 3.14. The Morgan fingerprint density at radius 1 is 1.10 bits per heavy atom. The maximum absolute atomic E-state index is 12.8. The molecule has 7 nitrogen and oxygen atoms in total. The molecule has 1 aliphatic heterocycles. The number of amides is 1. The number of carbonyl (C=O) groups excluding carboxylic acids is 2. The van der Waals surface area contributed by atoms with Gasteiger partial charge in [0.2, 0.25) is 0 Å². The number of likely N-dealkylation sites (N-methyl/N-ethyl adjacent to an activating group) is 1. The molecule has 0 bridgehead atoms. The van der Waals surface area contributed by atoms with Crippen molar-refractivity contribution in [2.24, 2.45) is 0 Å². The van der Waals surface area contributed by atoms with Crippen molar-refractivity contribution in [1.82, 2.24) is 9.78 Å². The smallest absolute Gasteiger partial charge is 0.267 e. The minimum atomic E-state index is -0.385. The highest BCUT2D eigenvalue weighted by Gasteiger charge is 2.23. The summed E-state index contributed by atoms with van der Waals surface area (Å²) in [4.78, 5) is 38.2. The Bertz CT molecular complexity index is 1170. The monoisotopic (exact) mass is 409 g/mol. The summed E-state index contributed by atoms with van der Waals surface area (Å²) in [6, 6.07) is 14.8. The summed E-state index contributed by atoms with van der Waals surface area (Å²) in [6.45, 7) is -0.259. The lowest BCUT2D eigenvalue weighted by atomic mass is 10.1. The lowest BCUT2D eigenvalue weighted by molar-refractivity contribution is -0.120. The third kappa shape index (κ3) is 3.77. The van der Waals surface area contributed by atoms with E-state index in [-0.39, 0.29) is 30.4 Å². The number of halogens is 1. The van der Waals surface area contributed by atoms with Crippen LogP contribution in [0.15, 0.2) is 59.4 Å². The molecule has 0 unspecified atom stereocenters. The minimum absolute atomic E-state index is 0.0341. The van der Waals surface area contributed by atoms with Crippen LogP contribution in [0, 0.1) is 0 Å². The van der Waals surface area contributed by atoms with Crippen molar-refractivity contribution in [3.05, 3.63) is 75.5 Å². The van der Waals surface area contributed by atoms with Crippen molar-refractivity contribution >= 4 is 29.0 Å². The van der Waals surface area contributed by atoms with Crippen molar-refractivity contribution in [1.29, 1.82) is 0 Å². The van der Waals surface area contributed by atoms with E-state index < -0.39 is 0 Å². The number of ketones is 1. The number of aromatic nitrogens is 2. The number of carbonyl (C=O) groups is 2. The van der Waals surface area contributed by atoms with Gasteiger partial charge in [-0.1, -0.05) is 23.7 Å². The van der Waals surface area contributed by atoms with Crippen LogP contribution < -0.4 is 15.2 Å². The molecule has 0 saturated heterocycles. The van der Waals surface area contributed by atoms with Gasteiger partial charge in [0, 0.05) is 29.3 Å². The number of ether oxygens (including phenoxy) is 1. The van der Waals surface area contributed by atoms with Crippen LogP contribution in [-0.4, -0.2) is 35.1 Å². The van der Waals surface area contributed by atoms with Gasteiger partial charge >= 0.3 is 0 Å². The van der Waals surface area contributed by atoms with Gasteiger partial charge in [0.1, 0.15) is 12.3 Å². The van der Waals surface area contributed by atoms with Gasteiger partial charge in [-0.05, 0) is 36.4 Å². The van der Waals surface area contributed by atoms with Gasteiger partial charge in [0.25, 0.3) is 11.5 Å². The molecule has 0 radical (unpaired) electrons. The standard InChI is InChI=1S/C21H16ClN3O4/c1-24-17-10-14(4-8-19(17)29-12-21(24)28)18(26)11-25-20(27)9-7-16(23-25)13-2-5-15(22)6-3-13/h2-10H,11-12H2,1H3. The first-order valence-corrected chi connectivity index (χ1v) is 9.21. The molecular weight excluding hydrogens is 394 g/mol. The van der Waals surface area contributed by atoms with E-state index in [0.717, 1.165) is 10.2 Å². The zero-order valence-electron chi connectivity index (χ0n) is 15.5. The number of benzene rings is 2. The topological polar surface area (TPSA) is 81.5 Å². The molecule has 0 aliphatic carbocycles. The third-order valence-corrected chi connectivity index (χ3v) is 4.92. The molecule has 29 heavy (non-hydrogen) atoms. The van der Waals surface area contributed by atoms with E-state index in [0.29, 0.717) is 27.7 Å². The molecule has 3 aromatic rings. The Kier molecular flexibility index (Phi) is 4.90. The van der Waals surface area contributed by atoms with E-state index in [1.54, 1.807) is 55.6 Å². The van der Waals surface area contributed by atoms with Crippen LogP contribution in [0.4, 0.5) is 5.69 Å². The van der Waals surface area contributed by atoms with Crippen molar-refractivity contribution in [2.45, 2.75) is 6.54 Å². The zero-order valence-corrected chi connectivity index (χ0v) is 16.2. The van der Waals surface area contributed by atoms with E-state index in [2.05, 4.69) is 5.10 Å². The lowest BCUT2D eigenvalue weighted by Gasteiger charge is -2.26. The highest BCUT2D eigenvalue weighted by molar-refractivity contribution is 6.30. The van der Waals surface area contributed by atoms with Crippen molar-refractivity contribution in [3.8, 4) is 17.0 Å². The van der Waals surface area contributed by atoms with Gasteiger partial charge < -0.3 is 9.64 Å². The normalized spacial score (nSPS) is 13.0. The molecule has 1 amide bonds. The second-order valence-electron chi connectivity index (χ2n) is 6.57. The third-order valence-electron chi connectivity index (χ3n) is 4.67. The maximum Gasteiger partial charge on any atom is 0.267 e.